The number of esters is 1. The minimum Gasteiger partial charge on any atom is -0.458 e. The average molecular weight is 444 g/mol. The molecule has 0 aromatic heterocycles. The van der Waals surface area contributed by atoms with E-state index in [1.54, 1.807) is 39.0 Å². The Balaban J connectivity index is 2.87. The molecule has 116 valence electrons. The largest absolute Gasteiger partial charge is 0.458 e. The third-order valence-electron chi connectivity index (χ3n) is 2.34. The molecule has 0 aliphatic heterocycles. The molecule has 0 saturated heterocycles. The van der Waals surface area contributed by atoms with E-state index >= 15 is 0 Å². The van der Waals surface area contributed by atoms with Gasteiger partial charge in [-0.15, -0.1) is 0 Å². The van der Waals surface area contributed by atoms with Crippen molar-refractivity contribution in [2.75, 3.05) is 4.43 Å². The summed E-state index contributed by atoms with van der Waals surface area (Å²) in [5, 5.41) is 3.06. The highest BCUT2D eigenvalue weighted by molar-refractivity contribution is 14.1. The molecule has 4 nitrogen and oxygen atoms in total. The van der Waals surface area contributed by atoms with E-state index < -0.39 is 23.5 Å². The molecular formula is C14H16Cl2INO3. The molecule has 1 amide bonds. The molecule has 0 unspecified atom stereocenters. The molecule has 1 rings (SSSR count). The Labute approximate surface area is 147 Å². The van der Waals surface area contributed by atoms with Gasteiger partial charge in [-0.3, -0.25) is 4.79 Å². The summed E-state index contributed by atoms with van der Waals surface area (Å²) in [4.78, 5) is 24.3. The van der Waals surface area contributed by atoms with E-state index in [2.05, 4.69) is 5.32 Å². The lowest BCUT2D eigenvalue weighted by Gasteiger charge is -2.23. The summed E-state index contributed by atoms with van der Waals surface area (Å²) in [5.41, 5.74) is -0.465. The van der Waals surface area contributed by atoms with Crippen molar-refractivity contribution in [3.8, 4) is 0 Å². The SMILES string of the molecule is CC(C)(C)OC(=O)[C@H](CI)NC(=O)c1c(Cl)cccc1Cl. The van der Waals surface area contributed by atoms with Gasteiger partial charge in [-0.2, -0.15) is 0 Å². The molecule has 0 heterocycles. The first-order chi connectivity index (χ1) is 9.65. The van der Waals surface area contributed by atoms with E-state index in [1.807, 2.05) is 22.6 Å². The fourth-order valence-corrected chi connectivity index (χ4v) is 2.63. The summed E-state index contributed by atoms with van der Waals surface area (Å²) >= 11 is 14.0. The lowest BCUT2D eigenvalue weighted by molar-refractivity contribution is -0.156. The molecule has 0 spiro atoms. The third-order valence-corrected chi connectivity index (χ3v) is 3.85. The summed E-state index contributed by atoms with van der Waals surface area (Å²) in [5.74, 6) is -0.994. The zero-order valence-corrected chi connectivity index (χ0v) is 15.5. The number of hydrogen-bond donors (Lipinski definition) is 1. The number of benzene rings is 1. The molecule has 0 saturated carbocycles. The lowest BCUT2D eigenvalue weighted by Crippen LogP contribution is -2.45. The molecule has 1 aromatic rings. The molecule has 1 N–H and O–H groups in total. The van der Waals surface area contributed by atoms with Crippen LogP contribution in [0, 0.1) is 0 Å². The maximum atomic E-state index is 12.2. The quantitative estimate of drug-likeness (QED) is 0.436. The Morgan fingerprint density at radius 3 is 2.24 bits per heavy atom. The molecular weight excluding hydrogens is 428 g/mol. The van der Waals surface area contributed by atoms with Gasteiger partial charge in [0, 0.05) is 4.43 Å². The molecule has 7 heteroatoms. The number of halogens is 3. The van der Waals surface area contributed by atoms with Crippen molar-refractivity contribution in [3.05, 3.63) is 33.8 Å². The van der Waals surface area contributed by atoms with Crippen molar-refractivity contribution >= 4 is 57.7 Å². The van der Waals surface area contributed by atoms with E-state index in [4.69, 9.17) is 27.9 Å². The van der Waals surface area contributed by atoms with Crippen LogP contribution < -0.4 is 5.32 Å². The van der Waals surface area contributed by atoms with E-state index in [9.17, 15) is 9.59 Å². The Kier molecular flexibility index (Phi) is 6.74. The zero-order valence-electron chi connectivity index (χ0n) is 11.9. The predicted octanol–water partition coefficient (Wildman–Crippen LogP) is 3.87. The Hall–Kier alpha value is -0.530. The monoisotopic (exact) mass is 443 g/mol. The van der Waals surface area contributed by atoms with Crippen molar-refractivity contribution in [2.45, 2.75) is 32.4 Å². The van der Waals surface area contributed by atoms with Crippen LogP contribution >= 0.6 is 45.8 Å². The third kappa shape index (κ3) is 5.64. The standard InChI is InChI=1S/C14H16Cl2INO3/c1-14(2,3)21-13(20)10(7-17)18-12(19)11-8(15)5-4-6-9(11)16/h4-6,10H,7H2,1-3H3,(H,18,19)/t10-/m0/s1. The van der Waals surface area contributed by atoms with Gasteiger partial charge < -0.3 is 10.1 Å². The summed E-state index contributed by atoms with van der Waals surface area (Å²) in [6.45, 7) is 5.30. The van der Waals surface area contributed by atoms with Crippen LogP contribution in [0.15, 0.2) is 18.2 Å². The predicted molar refractivity (Wildman–Crippen MR) is 92.4 cm³/mol. The fraction of sp³-hybridized carbons (Fsp3) is 0.429. The van der Waals surface area contributed by atoms with E-state index in [-0.39, 0.29) is 15.6 Å². The number of nitrogens with one attached hydrogen (secondary N) is 1. The smallest absolute Gasteiger partial charge is 0.329 e. The first kappa shape index (κ1) is 18.5. The highest BCUT2D eigenvalue weighted by Crippen LogP contribution is 2.24. The molecule has 0 aliphatic carbocycles. The number of alkyl halides is 1. The van der Waals surface area contributed by atoms with Crippen LogP contribution in [0.2, 0.25) is 10.0 Å². The van der Waals surface area contributed by atoms with Gasteiger partial charge in [-0.05, 0) is 32.9 Å². The number of carbonyl (C=O) groups is 2. The summed E-state index contributed by atoms with van der Waals surface area (Å²) in [6, 6.07) is 4.01. The van der Waals surface area contributed by atoms with Gasteiger partial charge in [0.15, 0.2) is 0 Å². The van der Waals surface area contributed by atoms with Gasteiger partial charge in [0.05, 0.1) is 15.6 Å². The Morgan fingerprint density at radius 1 is 1.29 bits per heavy atom. The fourth-order valence-electron chi connectivity index (χ4n) is 1.48. The molecule has 0 fully saturated rings. The van der Waals surface area contributed by atoms with Crippen LogP contribution in [0.4, 0.5) is 0 Å². The van der Waals surface area contributed by atoms with Gasteiger partial charge in [-0.1, -0.05) is 51.9 Å². The van der Waals surface area contributed by atoms with Crippen LogP contribution in [0.1, 0.15) is 31.1 Å². The number of carbonyl (C=O) groups excluding carboxylic acids is 2. The second-order valence-electron chi connectivity index (χ2n) is 5.31. The van der Waals surface area contributed by atoms with Crippen LogP contribution in [-0.4, -0.2) is 27.9 Å². The lowest BCUT2D eigenvalue weighted by atomic mass is 10.1. The minimum absolute atomic E-state index is 0.152. The molecule has 0 aliphatic rings. The molecule has 0 bridgehead atoms. The molecule has 0 radical (unpaired) electrons. The maximum Gasteiger partial charge on any atom is 0.329 e. The second kappa shape index (κ2) is 7.65. The van der Waals surface area contributed by atoms with Crippen molar-refractivity contribution in [1.29, 1.82) is 0 Å². The van der Waals surface area contributed by atoms with Crippen molar-refractivity contribution in [2.24, 2.45) is 0 Å². The van der Waals surface area contributed by atoms with E-state index in [0.717, 1.165) is 0 Å². The van der Waals surface area contributed by atoms with Crippen molar-refractivity contribution in [1.82, 2.24) is 5.32 Å². The van der Waals surface area contributed by atoms with Crippen molar-refractivity contribution in [3.63, 3.8) is 0 Å². The Bertz CT molecular complexity index is 523. The van der Waals surface area contributed by atoms with Crippen molar-refractivity contribution < 1.29 is 14.3 Å². The summed E-state index contributed by atoms with van der Waals surface area (Å²) in [6.07, 6.45) is 0. The van der Waals surface area contributed by atoms with E-state index in [0.29, 0.717) is 4.43 Å². The maximum absolute atomic E-state index is 12.2. The van der Waals surface area contributed by atoms with Gasteiger partial charge in [0.25, 0.3) is 5.91 Å². The summed E-state index contributed by atoms with van der Waals surface area (Å²) in [7, 11) is 0. The zero-order chi connectivity index (χ0) is 16.2. The normalized spacial score (nSPS) is 12.7. The molecule has 1 atom stereocenters. The number of hydrogen-bond acceptors (Lipinski definition) is 3. The number of ether oxygens (including phenoxy) is 1. The second-order valence-corrected chi connectivity index (χ2v) is 7.01. The first-order valence-corrected chi connectivity index (χ1v) is 8.47. The first-order valence-electron chi connectivity index (χ1n) is 6.19. The van der Waals surface area contributed by atoms with E-state index in [1.165, 1.54) is 0 Å². The molecule has 21 heavy (non-hydrogen) atoms. The minimum atomic E-state index is -0.760. The van der Waals surface area contributed by atoms with Gasteiger partial charge in [0.2, 0.25) is 0 Å². The highest BCUT2D eigenvalue weighted by atomic mass is 127. The molecule has 1 aromatic carbocycles. The summed E-state index contributed by atoms with van der Waals surface area (Å²) < 4.78 is 5.64. The number of rotatable bonds is 4. The Morgan fingerprint density at radius 2 is 1.81 bits per heavy atom. The average Bonchev–Trinajstić information content (AvgIpc) is 2.33. The van der Waals surface area contributed by atoms with Crippen LogP contribution in [0.3, 0.4) is 0 Å². The van der Waals surface area contributed by atoms with Crippen LogP contribution in [0.25, 0.3) is 0 Å². The van der Waals surface area contributed by atoms with Crippen LogP contribution in [-0.2, 0) is 9.53 Å². The highest BCUT2D eigenvalue weighted by Gasteiger charge is 2.27. The van der Waals surface area contributed by atoms with Gasteiger partial charge in [-0.25, -0.2) is 4.79 Å². The van der Waals surface area contributed by atoms with Gasteiger partial charge >= 0.3 is 5.97 Å². The van der Waals surface area contributed by atoms with Crippen LogP contribution in [0.5, 0.6) is 0 Å². The number of amides is 1. The van der Waals surface area contributed by atoms with Gasteiger partial charge in [0.1, 0.15) is 11.6 Å². The topological polar surface area (TPSA) is 55.4 Å².